The highest BCUT2D eigenvalue weighted by atomic mass is 16.5. The van der Waals surface area contributed by atoms with Crippen LogP contribution in [0.2, 0.25) is 0 Å². The van der Waals surface area contributed by atoms with Crippen molar-refractivity contribution < 1.29 is 19.5 Å². The van der Waals surface area contributed by atoms with E-state index in [2.05, 4.69) is 5.16 Å². The van der Waals surface area contributed by atoms with Crippen molar-refractivity contribution in [1.29, 1.82) is 0 Å². The third-order valence-corrected chi connectivity index (χ3v) is 3.17. The van der Waals surface area contributed by atoms with Gasteiger partial charge >= 0.3 is 0 Å². The van der Waals surface area contributed by atoms with E-state index in [1.165, 1.54) is 4.90 Å². The SMILES string of the molecule is Cc1noc(C(C)C)c1C(=O)N1CC(O)C(O)C1. The number of amides is 1. The van der Waals surface area contributed by atoms with Gasteiger partial charge in [0, 0.05) is 19.0 Å². The molecule has 2 unspecified atom stereocenters. The third-order valence-electron chi connectivity index (χ3n) is 3.17. The quantitative estimate of drug-likeness (QED) is 0.791. The smallest absolute Gasteiger partial charge is 0.259 e. The van der Waals surface area contributed by atoms with Gasteiger partial charge in [0.05, 0.1) is 17.9 Å². The van der Waals surface area contributed by atoms with Crippen molar-refractivity contribution in [3.63, 3.8) is 0 Å². The van der Waals surface area contributed by atoms with E-state index < -0.39 is 12.2 Å². The Morgan fingerprint density at radius 3 is 2.44 bits per heavy atom. The molecular formula is C12H18N2O4. The number of aromatic nitrogens is 1. The zero-order valence-corrected chi connectivity index (χ0v) is 10.8. The van der Waals surface area contributed by atoms with Gasteiger partial charge in [0.1, 0.15) is 5.56 Å². The van der Waals surface area contributed by atoms with Gasteiger partial charge in [-0.3, -0.25) is 4.79 Å². The van der Waals surface area contributed by atoms with Crippen molar-refractivity contribution in [2.45, 2.75) is 38.9 Å². The number of aryl methyl sites for hydroxylation is 1. The number of hydrogen-bond donors (Lipinski definition) is 2. The van der Waals surface area contributed by atoms with Crippen molar-refractivity contribution in [2.75, 3.05) is 13.1 Å². The van der Waals surface area contributed by atoms with Crippen LogP contribution in [0.15, 0.2) is 4.52 Å². The van der Waals surface area contributed by atoms with E-state index in [0.29, 0.717) is 17.0 Å². The van der Waals surface area contributed by atoms with E-state index in [-0.39, 0.29) is 24.9 Å². The number of carbonyl (C=O) groups excluding carboxylic acids is 1. The maximum Gasteiger partial charge on any atom is 0.259 e. The molecule has 2 atom stereocenters. The molecule has 18 heavy (non-hydrogen) atoms. The maximum absolute atomic E-state index is 12.3. The Bertz CT molecular complexity index is 445. The summed E-state index contributed by atoms with van der Waals surface area (Å²) in [4.78, 5) is 13.8. The first-order chi connectivity index (χ1) is 8.41. The summed E-state index contributed by atoms with van der Waals surface area (Å²) in [7, 11) is 0. The minimum Gasteiger partial charge on any atom is -0.388 e. The fourth-order valence-corrected chi connectivity index (χ4v) is 2.13. The molecule has 2 rings (SSSR count). The van der Waals surface area contributed by atoms with Crippen LogP contribution in [-0.4, -0.2) is 51.5 Å². The Balaban J connectivity index is 2.27. The number of likely N-dealkylation sites (tertiary alicyclic amines) is 1. The molecule has 0 aliphatic carbocycles. The molecule has 2 N–H and O–H groups in total. The van der Waals surface area contributed by atoms with Crippen LogP contribution in [0.1, 0.15) is 41.6 Å². The first-order valence-electron chi connectivity index (χ1n) is 6.03. The second-order valence-corrected chi connectivity index (χ2v) is 5.01. The summed E-state index contributed by atoms with van der Waals surface area (Å²) in [5.74, 6) is 0.365. The number of aliphatic hydroxyl groups excluding tert-OH is 2. The van der Waals surface area contributed by atoms with Crippen LogP contribution in [-0.2, 0) is 0 Å². The minimum atomic E-state index is -0.878. The summed E-state index contributed by atoms with van der Waals surface area (Å²) in [6, 6.07) is 0. The molecule has 1 aromatic heterocycles. The van der Waals surface area contributed by atoms with Gasteiger partial charge in [-0.25, -0.2) is 0 Å². The Labute approximate surface area is 105 Å². The minimum absolute atomic E-state index is 0.0580. The van der Waals surface area contributed by atoms with Crippen LogP contribution in [0.5, 0.6) is 0 Å². The number of aliphatic hydroxyl groups is 2. The van der Waals surface area contributed by atoms with Gasteiger partial charge in [-0.05, 0) is 6.92 Å². The molecule has 6 nitrogen and oxygen atoms in total. The number of rotatable bonds is 2. The fourth-order valence-electron chi connectivity index (χ4n) is 2.13. The molecule has 100 valence electrons. The molecule has 0 saturated carbocycles. The van der Waals surface area contributed by atoms with Gasteiger partial charge < -0.3 is 19.6 Å². The van der Waals surface area contributed by atoms with Gasteiger partial charge in [0.25, 0.3) is 5.91 Å². The predicted octanol–water partition coefficient (Wildman–Crippen LogP) is 0.284. The summed E-state index contributed by atoms with van der Waals surface area (Å²) in [5, 5.41) is 22.8. The second-order valence-electron chi connectivity index (χ2n) is 5.01. The summed E-state index contributed by atoms with van der Waals surface area (Å²) >= 11 is 0. The maximum atomic E-state index is 12.3. The normalized spacial score (nSPS) is 24.0. The van der Waals surface area contributed by atoms with Gasteiger partial charge in [-0.2, -0.15) is 0 Å². The highest BCUT2D eigenvalue weighted by molar-refractivity contribution is 5.96. The zero-order chi connectivity index (χ0) is 13.4. The van der Waals surface area contributed by atoms with Crippen LogP contribution >= 0.6 is 0 Å². The third kappa shape index (κ3) is 2.13. The van der Waals surface area contributed by atoms with Crippen molar-refractivity contribution >= 4 is 5.91 Å². The lowest BCUT2D eigenvalue weighted by molar-refractivity contribution is 0.0572. The average molecular weight is 254 g/mol. The molecule has 1 fully saturated rings. The van der Waals surface area contributed by atoms with Gasteiger partial charge in [-0.1, -0.05) is 19.0 Å². The lowest BCUT2D eigenvalue weighted by atomic mass is 10.0. The van der Waals surface area contributed by atoms with Crippen LogP contribution < -0.4 is 0 Å². The standard InChI is InChI=1S/C12H18N2O4/c1-6(2)11-10(7(3)13-18-11)12(17)14-4-8(15)9(16)5-14/h6,8-9,15-16H,4-5H2,1-3H3. The number of nitrogens with zero attached hydrogens (tertiary/aromatic N) is 2. The van der Waals surface area contributed by atoms with Crippen LogP contribution in [0, 0.1) is 6.92 Å². The number of β-amino-alcohol motifs (C(OH)–C–C–N with tert-alkyl or cyclic N) is 2. The zero-order valence-electron chi connectivity index (χ0n) is 10.8. The fraction of sp³-hybridized carbons (Fsp3) is 0.667. The molecule has 0 radical (unpaired) electrons. The highest BCUT2D eigenvalue weighted by Crippen LogP contribution is 2.25. The number of hydrogen-bond acceptors (Lipinski definition) is 5. The van der Waals surface area contributed by atoms with E-state index in [0.717, 1.165) is 0 Å². The number of carbonyl (C=O) groups is 1. The van der Waals surface area contributed by atoms with Crippen LogP contribution in [0.25, 0.3) is 0 Å². The molecular weight excluding hydrogens is 236 g/mol. The van der Waals surface area contributed by atoms with Gasteiger partial charge in [0.2, 0.25) is 0 Å². The topological polar surface area (TPSA) is 86.8 Å². The van der Waals surface area contributed by atoms with Crippen LogP contribution in [0.3, 0.4) is 0 Å². The van der Waals surface area contributed by atoms with Gasteiger partial charge in [0.15, 0.2) is 5.76 Å². The first kappa shape index (κ1) is 13.0. The lowest BCUT2D eigenvalue weighted by Gasteiger charge is -2.15. The molecule has 2 heterocycles. The second kappa shape index (κ2) is 4.70. The average Bonchev–Trinajstić information content (AvgIpc) is 2.83. The summed E-state index contributed by atoms with van der Waals surface area (Å²) in [5.41, 5.74) is 0.992. The summed E-state index contributed by atoms with van der Waals surface area (Å²) < 4.78 is 5.17. The molecule has 0 aromatic carbocycles. The lowest BCUT2D eigenvalue weighted by Crippen LogP contribution is -2.30. The van der Waals surface area contributed by atoms with Crippen molar-refractivity contribution in [3.05, 3.63) is 17.0 Å². The highest BCUT2D eigenvalue weighted by Gasteiger charge is 2.35. The largest absolute Gasteiger partial charge is 0.388 e. The molecule has 1 aliphatic rings. The van der Waals surface area contributed by atoms with E-state index in [1.807, 2.05) is 13.8 Å². The van der Waals surface area contributed by atoms with E-state index in [9.17, 15) is 15.0 Å². The summed E-state index contributed by atoms with van der Waals surface area (Å²) in [6.07, 6.45) is -1.76. The molecule has 0 bridgehead atoms. The Kier molecular flexibility index (Phi) is 3.41. The van der Waals surface area contributed by atoms with E-state index in [1.54, 1.807) is 6.92 Å². The predicted molar refractivity (Wildman–Crippen MR) is 63.2 cm³/mol. The molecule has 0 spiro atoms. The van der Waals surface area contributed by atoms with Crippen molar-refractivity contribution in [2.24, 2.45) is 0 Å². The van der Waals surface area contributed by atoms with Crippen molar-refractivity contribution in [3.8, 4) is 0 Å². The van der Waals surface area contributed by atoms with E-state index in [4.69, 9.17) is 4.52 Å². The molecule has 6 heteroatoms. The molecule has 1 saturated heterocycles. The molecule has 1 aromatic rings. The Hall–Kier alpha value is -1.40. The van der Waals surface area contributed by atoms with Crippen LogP contribution in [0.4, 0.5) is 0 Å². The first-order valence-corrected chi connectivity index (χ1v) is 6.03. The Morgan fingerprint density at radius 2 is 1.94 bits per heavy atom. The van der Waals surface area contributed by atoms with Gasteiger partial charge in [-0.15, -0.1) is 0 Å². The monoisotopic (exact) mass is 254 g/mol. The molecule has 1 aliphatic heterocycles. The molecule has 1 amide bonds. The summed E-state index contributed by atoms with van der Waals surface area (Å²) in [6.45, 7) is 5.84. The Morgan fingerprint density at radius 1 is 1.39 bits per heavy atom. The van der Waals surface area contributed by atoms with E-state index >= 15 is 0 Å². The van der Waals surface area contributed by atoms with Crippen molar-refractivity contribution in [1.82, 2.24) is 10.1 Å².